The molecule has 1 atom stereocenters. The maximum absolute atomic E-state index is 11.9. The van der Waals surface area contributed by atoms with Crippen LogP contribution in [-0.4, -0.2) is 32.4 Å². The molecule has 1 N–H and O–H groups in total. The van der Waals surface area contributed by atoms with Crippen molar-refractivity contribution >= 4 is 21.4 Å². The number of sulfone groups is 1. The Morgan fingerprint density at radius 1 is 1.47 bits per heavy atom. The zero-order valence-electron chi connectivity index (χ0n) is 10.9. The Balaban J connectivity index is 2.88. The van der Waals surface area contributed by atoms with E-state index in [1.54, 1.807) is 24.3 Å². The van der Waals surface area contributed by atoms with Crippen LogP contribution in [-0.2, 0) is 14.6 Å². The summed E-state index contributed by atoms with van der Waals surface area (Å²) in [7, 11) is -2.05. The molecular weight excluding hydrogens is 266 g/mol. The van der Waals surface area contributed by atoms with Crippen LogP contribution in [0.5, 0.6) is 5.75 Å². The summed E-state index contributed by atoms with van der Waals surface area (Å²) in [4.78, 5) is 11.9. The lowest BCUT2D eigenvalue weighted by molar-refractivity contribution is -0.115. The number of benzene rings is 1. The van der Waals surface area contributed by atoms with Gasteiger partial charge in [0.05, 0.1) is 18.6 Å². The van der Waals surface area contributed by atoms with E-state index < -0.39 is 21.0 Å². The van der Waals surface area contributed by atoms with Gasteiger partial charge in [0.15, 0.2) is 9.84 Å². The molecule has 0 bridgehead atoms. The van der Waals surface area contributed by atoms with Crippen LogP contribution in [0.3, 0.4) is 0 Å². The number of carbonyl (C=O) groups excluding carboxylic acids is 1. The summed E-state index contributed by atoms with van der Waals surface area (Å²) >= 11 is 0. The topological polar surface area (TPSA) is 72.5 Å². The van der Waals surface area contributed by atoms with E-state index in [9.17, 15) is 13.2 Å². The standard InChI is InChI=1S/C13H17NO4S/c1-4-9-19(16,17)10(2)13(15)14-11-7-5-6-8-12(11)18-3/h4-8,10H,1,9H2,2-3H3,(H,14,15). The highest BCUT2D eigenvalue weighted by molar-refractivity contribution is 7.92. The Bertz CT molecular complexity index is 566. The van der Waals surface area contributed by atoms with E-state index in [4.69, 9.17) is 4.74 Å². The molecule has 0 aliphatic carbocycles. The lowest BCUT2D eigenvalue weighted by atomic mass is 10.3. The lowest BCUT2D eigenvalue weighted by Gasteiger charge is -2.14. The number of hydrogen-bond donors (Lipinski definition) is 1. The number of hydrogen-bond acceptors (Lipinski definition) is 4. The molecule has 0 saturated carbocycles. The van der Waals surface area contributed by atoms with Gasteiger partial charge in [-0.1, -0.05) is 18.2 Å². The van der Waals surface area contributed by atoms with Crippen molar-refractivity contribution in [1.29, 1.82) is 0 Å². The number of methoxy groups -OCH3 is 1. The van der Waals surface area contributed by atoms with Crippen LogP contribution in [0.2, 0.25) is 0 Å². The quantitative estimate of drug-likeness (QED) is 0.805. The van der Waals surface area contributed by atoms with Crippen molar-refractivity contribution in [3.63, 3.8) is 0 Å². The molecule has 1 aromatic carbocycles. The first-order chi connectivity index (χ1) is 8.92. The van der Waals surface area contributed by atoms with Crippen LogP contribution in [0.25, 0.3) is 0 Å². The van der Waals surface area contributed by atoms with Crippen molar-refractivity contribution in [1.82, 2.24) is 0 Å². The summed E-state index contributed by atoms with van der Waals surface area (Å²) in [5, 5.41) is 1.41. The third kappa shape index (κ3) is 3.82. The van der Waals surface area contributed by atoms with Gasteiger partial charge in [0.25, 0.3) is 0 Å². The van der Waals surface area contributed by atoms with Gasteiger partial charge < -0.3 is 10.1 Å². The summed E-state index contributed by atoms with van der Waals surface area (Å²) in [5.74, 6) is -0.344. The van der Waals surface area contributed by atoms with Crippen LogP contribution in [0.4, 0.5) is 5.69 Å². The van der Waals surface area contributed by atoms with Crippen LogP contribution >= 0.6 is 0 Å². The largest absolute Gasteiger partial charge is 0.495 e. The first kappa shape index (κ1) is 15.2. The van der Waals surface area contributed by atoms with Gasteiger partial charge in [0.1, 0.15) is 11.0 Å². The third-order valence-electron chi connectivity index (χ3n) is 2.62. The SMILES string of the molecule is C=CCS(=O)(=O)C(C)C(=O)Nc1ccccc1OC. The average molecular weight is 283 g/mol. The molecule has 0 aromatic heterocycles. The number of carbonyl (C=O) groups is 1. The minimum atomic E-state index is -3.52. The number of nitrogens with one attached hydrogen (secondary N) is 1. The number of rotatable bonds is 6. The van der Waals surface area contributed by atoms with E-state index in [0.717, 1.165) is 0 Å². The van der Waals surface area contributed by atoms with Gasteiger partial charge in [-0.3, -0.25) is 4.79 Å². The second-order valence-corrected chi connectivity index (χ2v) is 6.32. The highest BCUT2D eigenvalue weighted by Crippen LogP contribution is 2.23. The van der Waals surface area contributed by atoms with Gasteiger partial charge >= 0.3 is 0 Å². The van der Waals surface area contributed by atoms with E-state index in [1.165, 1.54) is 20.1 Å². The Labute approximate surface area is 113 Å². The van der Waals surface area contributed by atoms with Gasteiger partial charge in [-0.2, -0.15) is 0 Å². The molecule has 1 unspecified atom stereocenters. The van der Waals surface area contributed by atoms with Gasteiger partial charge in [-0.15, -0.1) is 6.58 Å². The molecule has 1 aromatic rings. The average Bonchev–Trinajstić information content (AvgIpc) is 2.38. The Morgan fingerprint density at radius 2 is 2.11 bits per heavy atom. The Hall–Kier alpha value is -1.82. The van der Waals surface area contributed by atoms with E-state index in [0.29, 0.717) is 11.4 Å². The monoisotopic (exact) mass is 283 g/mol. The molecule has 0 heterocycles. The molecule has 19 heavy (non-hydrogen) atoms. The second-order valence-electron chi connectivity index (χ2n) is 3.95. The zero-order chi connectivity index (χ0) is 14.5. The minimum absolute atomic E-state index is 0.229. The van der Waals surface area contributed by atoms with Crippen molar-refractivity contribution in [3.05, 3.63) is 36.9 Å². The predicted molar refractivity (Wildman–Crippen MR) is 75.1 cm³/mol. The lowest BCUT2D eigenvalue weighted by Crippen LogP contribution is -2.33. The van der Waals surface area contributed by atoms with Crippen molar-refractivity contribution in [2.75, 3.05) is 18.2 Å². The van der Waals surface area contributed by atoms with Gasteiger partial charge in [-0.05, 0) is 19.1 Å². The third-order valence-corrected chi connectivity index (χ3v) is 4.61. The molecule has 0 spiro atoms. The maximum atomic E-state index is 11.9. The summed E-state index contributed by atoms with van der Waals surface area (Å²) in [6.45, 7) is 4.72. The summed E-state index contributed by atoms with van der Waals surface area (Å²) < 4.78 is 28.6. The fourth-order valence-electron chi connectivity index (χ4n) is 1.45. The minimum Gasteiger partial charge on any atom is -0.495 e. The molecule has 0 aliphatic heterocycles. The molecule has 0 saturated heterocycles. The molecule has 6 heteroatoms. The Morgan fingerprint density at radius 3 is 2.68 bits per heavy atom. The van der Waals surface area contributed by atoms with Crippen molar-refractivity contribution in [2.45, 2.75) is 12.2 Å². The van der Waals surface area contributed by atoms with Crippen molar-refractivity contribution in [2.24, 2.45) is 0 Å². The van der Waals surface area contributed by atoms with Crippen LogP contribution in [0.1, 0.15) is 6.92 Å². The van der Waals surface area contributed by atoms with Crippen LogP contribution < -0.4 is 10.1 Å². The normalized spacial score (nSPS) is 12.5. The summed E-state index contributed by atoms with van der Waals surface area (Å²) in [5.41, 5.74) is 0.440. The number of anilines is 1. The highest BCUT2D eigenvalue weighted by Gasteiger charge is 2.27. The van der Waals surface area contributed by atoms with Gasteiger partial charge in [0, 0.05) is 0 Å². The van der Waals surface area contributed by atoms with Crippen molar-refractivity contribution < 1.29 is 17.9 Å². The summed E-state index contributed by atoms with van der Waals surface area (Å²) in [6.07, 6.45) is 1.27. The van der Waals surface area contributed by atoms with E-state index >= 15 is 0 Å². The predicted octanol–water partition coefficient (Wildman–Crippen LogP) is 1.62. The van der Waals surface area contributed by atoms with Gasteiger partial charge in [-0.25, -0.2) is 8.42 Å². The van der Waals surface area contributed by atoms with E-state index in [-0.39, 0.29) is 5.75 Å². The molecule has 0 aliphatic rings. The molecule has 5 nitrogen and oxygen atoms in total. The molecule has 1 rings (SSSR count). The van der Waals surface area contributed by atoms with Crippen molar-refractivity contribution in [3.8, 4) is 5.75 Å². The van der Waals surface area contributed by atoms with E-state index in [1.807, 2.05) is 0 Å². The molecule has 0 fully saturated rings. The first-order valence-electron chi connectivity index (χ1n) is 5.68. The number of ether oxygens (including phenoxy) is 1. The fraction of sp³-hybridized carbons (Fsp3) is 0.308. The highest BCUT2D eigenvalue weighted by atomic mass is 32.2. The Kier molecular flexibility index (Phi) is 5.11. The van der Waals surface area contributed by atoms with E-state index in [2.05, 4.69) is 11.9 Å². The van der Waals surface area contributed by atoms with Crippen LogP contribution in [0.15, 0.2) is 36.9 Å². The molecule has 0 radical (unpaired) electrons. The smallest absolute Gasteiger partial charge is 0.242 e. The second kappa shape index (κ2) is 6.38. The fourth-order valence-corrected chi connectivity index (χ4v) is 2.46. The van der Waals surface area contributed by atoms with Crippen LogP contribution in [0, 0.1) is 0 Å². The number of amides is 1. The van der Waals surface area contributed by atoms with Gasteiger partial charge in [0.2, 0.25) is 5.91 Å². The number of para-hydroxylation sites is 2. The molecule has 104 valence electrons. The maximum Gasteiger partial charge on any atom is 0.242 e. The first-order valence-corrected chi connectivity index (χ1v) is 7.40. The summed E-state index contributed by atoms with van der Waals surface area (Å²) in [6, 6.07) is 6.80. The zero-order valence-corrected chi connectivity index (χ0v) is 11.7. The molecular formula is C13H17NO4S. The molecule has 1 amide bonds.